The molecule has 0 radical (unpaired) electrons. The van der Waals surface area contributed by atoms with E-state index in [1.807, 2.05) is 0 Å². The molecule has 1 rings (SSSR count). The second-order valence-corrected chi connectivity index (χ2v) is 5.48. The third-order valence-electron chi connectivity index (χ3n) is 3.41. The lowest BCUT2D eigenvalue weighted by atomic mass is 9.92. The summed E-state index contributed by atoms with van der Waals surface area (Å²) in [6.07, 6.45) is 2.80. The summed E-state index contributed by atoms with van der Waals surface area (Å²) in [5.74, 6) is 0.964. The van der Waals surface area contributed by atoms with Crippen molar-refractivity contribution in [3.05, 3.63) is 0 Å². The number of amides is 1. The van der Waals surface area contributed by atoms with Crippen LogP contribution in [0.1, 0.15) is 40.0 Å². The molecule has 1 aliphatic heterocycles. The Morgan fingerprint density at radius 3 is 2.39 bits per heavy atom. The molecule has 18 heavy (non-hydrogen) atoms. The second-order valence-electron chi connectivity index (χ2n) is 5.48. The van der Waals surface area contributed by atoms with Gasteiger partial charge < -0.3 is 15.8 Å². The highest BCUT2D eigenvalue weighted by Gasteiger charge is 2.24. The maximum atomic E-state index is 11.9. The quantitative estimate of drug-likeness (QED) is 0.805. The normalized spacial score (nSPS) is 20.1. The summed E-state index contributed by atoms with van der Waals surface area (Å²) < 4.78 is 5.32. The van der Waals surface area contributed by atoms with Crippen molar-refractivity contribution in [3.8, 4) is 0 Å². The van der Waals surface area contributed by atoms with Gasteiger partial charge in [0.15, 0.2) is 0 Å². The Labute approximate surface area is 116 Å². The van der Waals surface area contributed by atoms with Crippen LogP contribution in [0.2, 0.25) is 0 Å². The molecule has 1 amide bonds. The molecule has 0 bridgehead atoms. The highest BCUT2D eigenvalue weighted by Crippen LogP contribution is 2.18. The van der Waals surface area contributed by atoms with E-state index in [2.05, 4.69) is 26.1 Å². The first-order valence-corrected chi connectivity index (χ1v) is 6.64. The van der Waals surface area contributed by atoms with E-state index in [0.29, 0.717) is 11.8 Å². The molecule has 1 unspecified atom stereocenters. The minimum Gasteiger partial charge on any atom is -0.381 e. The molecule has 0 aromatic rings. The number of carbonyl (C=O) groups is 1. The van der Waals surface area contributed by atoms with Crippen molar-refractivity contribution >= 4 is 18.3 Å². The molecule has 1 saturated heterocycles. The van der Waals surface area contributed by atoms with E-state index in [4.69, 9.17) is 10.5 Å². The van der Waals surface area contributed by atoms with Gasteiger partial charge in [-0.1, -0.05) is 13.8 Å². The Morgan fingerprint density at radius 1 is 1.33 bits per heavy atom. The fraction of sp³-hybridized carbons (Fsp3) is 0.923. The molecule has 0 aromatic carbocycles. The number of carbonyl (C=O) groups excluding carboxylic acids is 1. The molecule has 0 saturated carbocycles. The summed E-state index contributed by atoms with van der Waals surface area (Å²) in [4.78, 5) is 11.9. The lowest BCUT2D eigenvalue weighted by Crippen LogP contribution is -2.48. The van der Waals surface area contributed by atoms with Crippen LogP contribution in [0.4, 0.5) is 0 Å². The summed E-state index contributed by atoms with van der Waals surface area (Å²) in [6, 6.07) is -0.179. The fourth-order valence-electron chi connectivity index (χ4n) is 2.28. The first-order chi connectivity index (χ1) is 8.00. The van der Waals surface area contributed by atoms with E-state index in [1.54, 1.807) is 0 Å². The third kappa shape index (κ3) is 6.03. The fourth-order valence-corrected chi connectivity index (χ4v) is 2.28. The van der Waals surface area contributed by atoms with Gasteiger partial charge in [0.1, 0.15) is 0 Å². The van der Waals surface area contributed by atoms with E-state index < -0.39 is 0 Å². The van der Waals surface area contributed by atoms with Crippen LogP contribution in [0.5, 0.6) is 0 Å². The van der Waals surface area contributed by atoms with E-state index in [9.17, 15) is 4.79 Å². The van der Waals surface area contributed by atoms with Crippen molar-refractivity contribution in [1.82, 2.24) is 5.32 Å². The van der Waals surface area contributed by atoms with Gasteiger partial charge in [-0.15, -0.1) is 12.4 Å². The number of hydrogen-bond acceptors (Lipinski definition) is 3. The lowest BCUT2D eigenvalue weighted by Gasteiger charge is -2.29. The van der Waals surface area contributed by atoms with Gasteiger partial charge in [-0.05, 0) is 38.0 Å². The molecule has 1 fully saturated rings. The highest BCUT2D eigenvalue weighted by atomic mass is 35.5. The SMILES string of the molecule is CC(C)C[C@H](N)C(=O)NC(C)C1CCOCC1.Cl. The van der Waals surface area contributed by atoms with Crippen LogP contribution < -0.4 is 11.1 Å². The highest BCUT2D eigenvalue weighted by molar-refractivity contribution is 5.85. The van der Waals surface area contributed by atoms with E-state index in [-0.39, 0.29) is 30.4 Å². The Morgan fingerprint density at radius 2 is 1.89 bits per heavy atom. The molecular formula is C13H27ClN2O2. The van der Waals surface area contributed by atoms with Gasteiger partial charge in [0.05, 0.1) is 6.04 Å². The van der Waals surface area contributed by atoms with Crippen molar-refractivity contribution in [1.29, 1.82) is 0 Å². The number of nitrogens with two attached hydrogens (primary N) is 1. The monoisotopic (exact) mass is 278 g/mol. The van der Waals surface area contributed by atoms with Gasteiger partial charge in [-0.25, -0.2) is 0 Å². The van der Waals surface area contributed by atoms with Gasteiger partial charge in [0, 0.05) is 19.3 Å². The molecule has 4 nitrogen and oxygen atoms in total. The van der Waals surface area contributed by atoms with Crippen molar-refractivity contribution in [2.45, 2.75) is 52.1 Å². The van der Waals surface area contributed by atoms with Crippen molar-refractivity contribution in [2.75, 3.05) is 13.2 Å². The largest absolute Gasteiger partial charge is 0.381 e. The summed E-state index contributed by atoms with van der Waals surface area (Å²) in [5, 5.41) is 3.04. The van der Waals surface area contributed by atoms with Gasteiger partial charge in [0.2, 0.25) is 5.91 Å². The first kappa shape index (κ1) is 17.7. The van der Waals surface area contributed by atoms with Crippen LogP contribution >= 0.6 is 12.4 Å². The molecular weight excluding hydrogens is 252 g/mol. The zero-order valence-corrected chi connectivity index (χ0v) is 12.5. The van der Waals surface area contributed by atoms with E-state index in [1.165, 1.54) is 0 Å². The van der Waals surface area contributed by atoms with Crippen LogP contribution in [-0.2, 0) is 9.53 Å². The maximum absolute atomic E-state index is 11.9. The Kier molecular flexibility index (Phi) is 8.57. The molecule has 3 N–H and O–H groups in total. The molecule has 0 aliphatic carbocycles. The minimum absolute atomic E-state index is 0. The molecule has 5 heteroatoms. The lowest BCUT2D eigenvalue weighted by molar-refractivity contribution is -0.123. The summed E-state index contributed by atoms with van der Waals surface area (Å²) in [5.41, 5.74) is 5.86. The standard InChI is InChI=1S/C13H26N2O2.ClH/c1-9(2)8-12(14)13(16)15-10(3)11-4-6-17-7-5-11;/h9-12H,4-8,14H2,1-3H3,(H,15,16);1H/t10?,12-;/m0./s1. The predicted octanol–water partition coefficient (Wildman–Crippen LogP) is 1.71. The van der Waals surface area contributed by atoms with Gasteiger partial charge in [-0.2, -0.15) is 0 Å². The molecule has 1 aliphatic rings. The van der Waals surface area contributed by atoms with Crippen LogP contribution in [0.3, 0.4) is 0 Å². The van der Waals surface area contributed by atoms with Crippen LogP contribution in [-0.4, -0.2) is 31.2 Å². The van der Waals surface area contributed by atoms with Crippen molar-refractivity contribution < 1.29 is 9.53 Å². The Bertz CT molecular complexity index is 243. The van der Waals surface area contributed by atoms with Crippen LogP contribution in [0.25, 0.3) is 0 Å². The maximum Gasteiger partial charge on any atom is 0.237 e. The number of hydrogen-bond donors (Lipinski definition) is 2. The average Bonchev–Trinajstić information content (AvgIpc) is 2.29. The van der Waals surface area contributed by atoms with E-state index in [0.717, 1.165) is 32.5 Å². The summed E-state index contributed by atoms with van der Waals surface area (Å²) >= 11 is 0. The van der Waals surface area contributed by atoms with Crippen molar-refractivity contribution in [3.63, 3.8) is 0 Å². The number of rotatable bonds is 5. The second kappa shape index (κ2) is 8.73. The average molecular weight is 279 g/mol. The topological polar surface area (TPSA) is 64.4 Å². The molecule has 1 heterocycles. The smallest absolute Gasteiger partial charge is 0.237 e. The third-order valence-corrected chi connectivity index (χ3v) is 3.41. The molecule has 0 aromatic heterocycles. The zero-order valence-electron chi connectivity index (χ0n) is 11.6. The summed E-state index contributed by atoms with van der Waals surface area (Å²) in [6.45, 7) is 7.84. The van der Waals surface area contributed by atoms with Gasteiger partial charge in [-0.3, -0.25) is 4.79 Å². The predicted molar refractivity (Wildman–Crippen MR) is 75.8 cm³/mol. The number of nitrogens with one attached hydrogen (secondary N) is 1. The van der Waals surface area contributed by atoms with E-state index >= 15 is 0 Å². The molecule has 2 atom stereocenters. The molecule has 108 valence electrons. The minimum atomic E-state index is -0.378. The van der Waals surface area contributed by atoms with Gasteiger partial charge >= 0.3 is 0 Å². The number of ether oxygens (including phenoxy) is 1. The van der Waals surface area contributed by atoms with Gasteiger partial charge in [0.25, 0.3) is 0 Å². The Hall–Kier alpha value is -0.320. The van der Waals surface area contributed by atoms with Crippen LogP contribution in [0, 0.1) is 11.8 Å². The number of halogens is 1. The van der Waals surface area contributed by atoms with Crippen molar-refractivity contribution in [2.24, 2.45) is 17.6 Å². The Balaban J connectivity index is 0.00000289. The van der Waals surface area contributed by atoms with Crippen LogP contribution in [0.15, 0.2) is 0 Å². The summed E-state index contributed by atoms with van der Waals surface area (Å²) in [7, 11) is 0. The first-order valence-electron chi connectivity index (χ1n) is 6.64. The molecule has 0 spiro atoms. The zero-order chi connectivity index (χ0) is 12.8.